The Morgan fingerprint density at radius 1 is 1.19 bits per heavy atom. The molecule has 0 aromatic heterocycles. The third kappa shape index (κ3) is 5.02. The molecule has 0 aliphatic heterocycles. The van der Waals surface area contributed by atoms with Crippen molar-refractivity contribution < 1.29 is 14.3 Å². The van der Waals surface area contributed by atoms with Crippen molar-refractivity contribution in [2.45, 2.75) is 27.7 Å². The van der Waals surface area contributed by atoms with Gasteiger partial charge in [0.2, 0.25) is 0 Å². The van der Waals surface area contributed by atoms with Gasteiger partial charge in [-0.3, -0.25) is 0 Å². The second kappa shape index (κ2) is 7.02. The molecule has 2 amide bonds. The molecule has 5 nitrogen and oxygen atoms in total. The van der Waals surface area contributed by atoms with Gasteiger partial charge in [0.25, 0.3) is 0 Å². The average molecular weight is 292 g/mol. The van der Waals surface area contributed by atoms with E-state index in [-0.39, 0.29) is 11.4 Å². The standard InChI is InChI=1S/C16H24N2O3/c1-11(16(2,3)4)10-17-15(19)18-13-9-12(20-5)7-8-14(13)21-6/h7-10H,1-6H3,(H2,17,18,19)/b11-10+. The Balaban J connectivity index is 2.79. The zero-order valence-corrected chi connectivity index (χ0v) is 13.5. The number of hydrogen-bond acceptors (Lipinski definition) is 3. The maximum atomic E-state index is 11.9. The molecule has 0 aliphatic carbocycles. The molecular formula is C16H24N2O3. The van der Waals surface area contributed by atoms with Gasteiger partial charge in [-0.25, -0.2) is 4.79 Å². The number of methoxy groups -OCH3 is 2. The molecule has 0 aliphatic rings. The molecule has 0 spiro atoms. The van der Waals surface area contributed by atoms with Crippen LogP contribution in [0.3, 0.4) is 0 Å². The SMILES string of the molecule is COc1ccc(OC)c(NC(=O)N/C=C(\C)C(C)(C)C)c1. The summed E-state index contributed by atoms with van der Waals surface area (Å²) in [4.78, 5) is 11.9. The normalized spacial score (nSPS) is 11.8. The lowest BCUT2D eigenvalue weighted by Crippen LogP contribution is -2.25. The van der Waals surface area contributed by atoms with Gasteiger partial charge < -0.3 is 20.1 Å². The number of hydrogen-bond donors (Lipinski definition) is 2. The molecule has 0 bridgehead atoms. The van der Waals surface area contributed by atoms with Crippen molar-refractivity contribution in [1.82, 2.24) is 5.32 Å². The molecule has 0 heterocycles. The minimum Gasteiger partial charge on any atom is -0.497 e. The van der Waals surface area contributed by atoms with Gasteiger partial charge >= 0.3 is 6.03 Å². The van der Waals surface area contributed by atoms with Gasteiger partial charge in [0.1, 0.15) is 11.5 Å². The fraction of sp³-hybridized carbons (Fsp3) is 0.438. The quantitative estimate of drug-likeness (QED) is 0.888. The molecule has 0 fully saturated rings. The smallest absolute Gasteiger partial charge is 0.323 e. The predicted molar refractivity (Wildman–Crippen MR) is 84.9 cm³/mol. The Morgan fingerprint density at radius 3 is 2.38 bits per heavy atom. The highest BCUT2D eigenvalue weighted by atomic mass is 16.5. The minimum atomic E-state index is -0.329. The summed E-state index contributed by atoms with van der Waals surface area (Å²) in [5.74, 6) is 1.22. The maximum Gasteiger partial charge on any atom is 0.323 e. The molecule has 1 rings (SSSR count). The Bertz CT molecular complexity index is 531. The molecule has 0 saturated heterocycles. The van der Waals surface area contributed by atoms with Crippen LogP contribution in [-0.4, -0.2) is 20.3 Å². The van der Waals surface area contributed by atoms with E-state index in [1.54, 1.807) is 38.6 Å². The Labute approximate surface area is 126 Å². The largest absolute Gasteiger partial charge is 0.497 e. The van der Waals surface area contributed by atoms with E-state index in [4.69, 9.17) is 9.47 Å². The van der Waals surface area contributed by atoms with E-state index in [0.717, 1.165) is 5.57 Å². The summed E-state index contributed by atoms with van der Waals surface area (Å²) in [5.41, 5.74) is 1.65. The zero-order chi connectivity index (χ0) is 16.0. The topological polar surface area (TPSA) is 59.6 Å². The van der Waals surface area contributed by atoms with Crippen LogP contribution in [0, 0.1) is 5.41 Å². The van der Waals surface area contributed by atoms with Crippen LogP contribution >= 0.6 is 0 Å². The maximum absolute atomic E-state index is 11.9. The fourth-order valence-corrected chi connectivity index (χ4v) is 1.46. The third-order valence-electron chi connectivity index (χ3n) is 3.26. The lowest BCUT2D eigenvalue weighted by Gasteiger charge is -2.19. The van der Waals surface area contributed by atoms with Gasteiger partial charge in [0.15, 0.2) is 0 Å². The van der Waals surface area contributed by atoms with Crippen molar-refractivity contribution in [3.8, 4) is 11.5 Å². The first-order chi connectivity index (χ1) is 9.77. The number of allylic oxidation sites excluding steroid dienone is 1. The average Bonchev–Trinajstić information content (AvgIpc) is 2.43. The molecule has 21 heavy (non-hydrogen) atoms. The highest BCUT2D eigenvalue weighted by Gasteiger charge is 2.13. The van der Waals surface area contributed by atoms with Crippen LogP contribution in [0.15, 0.2) is 30.0 Å². The molecular weight excluding hydrogens is 268 g/mol. The number of benzene rings is 1. The molecule has 0 atom stereocenters. The Kier molecular flexibility index (Phi) is 5.64. The van der Waals surface area contributed by atoms with Gasteiger partial charge in [-0.05, 0) is 24.5 Å². The van der Waals surface area contributed by atoms with Gasteiger partial charge in [-0.15, -0.1) is 0 Å². The highest BCUT2D eigenvalue weighted by molar-refractivity contribution is 5.91. The third-order valence-corrected chi connectivity index (χ3v) is 3.26. The molecule has 5 heteroatoms. The summed E-state index contributed by atoms with van der Waals surface area (Å²) in [6, 6.07) is 4.89. The highest BCUT2D eigenvalue weighted by Crippen LogP contribution is 2.28. The van der Waals surface area contributed by atoms with Crippen molar-refractivity contribution in [3.63, 3.8) is 0 Å². The number of carbonyl (C=O) groups is 1. The van der Waals surface area contributed by atoms with Crippen molar-refractivity contribution in [1.29, 1.82) is 0 Å². The van der Waals surface area contributed by atoms with Crippen molar-refractivity contribution in [2.75, 3.05) is 19.5 Å². The fourth-order valence-electron chi connectivity index (χ4n) is 1.46. The van der Waals surface area contributed by atoms with Crippen LogP contribution in [0.1, 0.15) is 27.7 Å². The summed E-state index contributed by atoms with van der Waals surface area (Å²) in [6.07, 6.45) is 1.71. The summed E-state index contributed by atoms with van der Waals surface area (Å²) >= 11 is 0. The molecule has 2 N–H and O–H groups in total. The number of ether oxygens (including phenoxy) is 2. The van der Waals surface area contributed by atoms with Gasteiger partial charge in [0.05, 0.1) is 19.9 Å². The Hall–Kier alpha value is -2.17. The van der Waals surface area contributed by atoms with E-state index in [2.05, 4.69) is 31.4 Å². The van der Waals surface area contributed by atoms with Crippen LogP contribution in [0.4, 0.5) is 10.5 Å². The summed E-state index contributed by atoms with van der Waals surface area (Å²) < 4.78 is 10.4. The first-order valence-corrected chi connectivity index (χ1v) is 6.74. The summed E-state index contributed by atoms with van der Waals surface area (Å²) in [7, 11) is 3.12. The molecule has 1 aromatic rings. The molecule has 1 aromatic carbocycles. The Morgan fingerprint density at radius 2 is 1.86 bits per heavy atom. The first kappa shape index (κ1) is 16.9. The van der Waals surface area contributed by atoms with Gasteiger partial charge in [-0.1, -0.05) is 26.3 Å². The monoisotopic (exact) mass is 292 g/mol. The zero-order valence-electron chi connectivity index (χ0n) is 13.5. The second-order valence-electron chi connectivity index (χ2n) is 5.74. The first-order valence-electron chi connectivity index (χ1n) is 6.74. The van der Waals surface area contributed by atoms with Crippen LogP contribution in [0.2, 0.25) is 0 Å². The van der Waals surface area contributed by atoms with Crippen molar-refractivity contribution in [2.24, 2.45) is 5.41 Å². The minimum absolute atomic E-state index is 0.0148. The van der Waals surface area contributed by atoms with E-state index in [1.165, 1.54) is 0 Å². The van der Waals surface area contributed by atoms with Crippen LogP contribution in [0.5, 0.6) is 11.5 Å². The molecule has 116 valence electrons. The van der Waals surface area contributed by atoms with E-state index < -0.39 is 0 Å². The van der Waals surface area contributed by atoms with Crippen LogP contribution < -0.4 is 20.1 Å². The lowest BCUT2D eigenvalue weighted by atomic mass is 9.88. The number of amides is 2. The summed E-state index contributed by atoms with van der Waals surface area (Å²) in [5, 5.41) is 5.46. The molecule has 0 unspecified atom stereocenters. The summed E-state index contributed by atoms with van der Waals surface area (Å²) in [6.45, 7) is 8.24. The van der Waals surface area contributed by atoms with Crippen LogP contribution in [0.25, 0.3) is 0 Å². The van der Waals surface area contributed by atoms with Gasteiger partial charge in [-0.2, -0.15) is 0 Å². The van der Waals surface area contributed by atoms with Crippen molar-refractivity contribution in [3.05, 3.63) is 30.0 Å². The van der Waals surface area contributed by atoms with E-state index >= 15 is 0 Å². The van der Waals surface area contributed by atoms with E-state index in [9.17, 15) is 4.79 Å². The predicted octanol–water partition coefficient (Wildman–Crippen LogP) is 3.78. The lowest BCUT2D eigenvalue weighted by molar-refractivity contribution is 0.254. The van der Waals surface area contributed by atoms with E-state index in [0.29, 0.717) is 17.2 Å². The number of nitrogens with one attached hydrogen (secondary N) is 2. The number of rotatable bonds is 4. The van der Waals surface area contributed by atoms with Crippen LogP contribution in [-0.2, 0) is 0 Å². The number of urea groups is 1. The molecule has 0 radical (unpaired) electrons. The van der Waals surface area contributed by atoms with Crippen molar-refractivity contribution >= 4 is 11.7 Å². The number of carbonyl (C=O) groups excluding carboxylic acids is 1. The van der Waals surface area contributed by atoms with Gasteiger partial charge in [0, 0.05) is 12.3 Å². The second-order valence-corrected chi connectivity index (χ2v) is 5.74. The number of anilines is 1. The van der Waals surface area contributed by atoms with E-state index in [1.807, 2.05) is 6.92 Å². The molecule has 0 saturated carbocycles.